The Morgan fingerprint density at radius 3 is 2.11 bits per heavy atom. The molecule has 0 radical (unpaired) electrons. The highest BCUT2D eigenvalue weighted by molar-refractivity contribution is 7.92. The van der Waals surface area contributed by atoms with E-state index < -0.39 is 38.4 Å². The van der Waals surface area contributed by atoms with E-state index in [0.717, 1.165) is 12.8 Å². The maximum atomic E-state index is 13.6. The molecule has 1 aliphatic carbocycles. The largest absolute Gasteiger partial charge is 0.322 e. The van der Waals surface area contributed by atoms with Gasteiger partial charge >= 0.3 is 0 Å². The maximum Gasteiger partial charge on any atom is 0.255 e. The SMILES string of the molecule is O=C(Nc1cc(F)c(F)c(F)c1)c1ccc(Cl)c(S(=O)(=O)C2CC3CC[C@@H](C2)N3C2CCCC2)c1. The molecule has 2 aliphatic heterocycles. The molecule has 10 heteroatoms. The number of rotatable bonds is 5. The summed E-state index contributed by atoms with van der Waals surface area (Å²) in [4.78, 5) is 15.1. The second-order valence-electron chi connectivity index (χ2n) is 9.76. The van der Waals surface area contributed by atoms with Crippen LogP contribution in [0.2, 0.25) is 5.02 Å². The lowest BCUT2D eigenvalue weighted by atomic mass is 9.99. The fourth-order valence-corrected chi connectivity index (χ4v) is 8.47. The highest BCUT2D eigenvalue weighted by Crippen LogP contribution is 2.44. The van der Waals surface area contributed by atoms with Gasteiger partial charge in [0, 0.05) is 41.5 Å². The third-order valence-corrected chi connectivity index (χ3v) is 10.3. The first-order valence-corrected chi connectivity index (χ1v) is 13.8. The summed E-state index contributed by atoms with van der Waals surface area (Å²) in [5.74, 6) is -5.33. The van der Waals surface area contributed by atoms with Crippen molar-refractivity contribution in [2.24, 2.45) is 0 Å². The molecule has 2 unspecified atom stereocenters. The second-order valence-corrected chi connectivity index (χ2v) is 12.4. The van der Waals surface area contributed by atoms with Crippen LogP contribution < -0.4 is 5.32 Å². The normalized spacial score (nSPS) is 25.2. The van der Waals surface area contributed by atoms with Crippen LogP contribution in [0.5, 0.6) is 0 Å². The Labute approximate surface area is 207 Å². The average molecular weight is 527 g/mol. The van der Waals surface area contributed by atoms with Crippen LogP contribution in [0.15, 0.2) is 35.2 Å². The Bertz CT molecular complexity index is 1230. The standard InChI is InChI=1S/C25H26ClF3N2O3S/c26-20-8-5-14(25(32)30-15-10-21(27)24(29)22(28)11-15)9-23(20)35(33,34)19-12-17-6-7-18(13-19)31(17)16-3-1-2-4-16/h5,8-11,16-19H,1-4,6-7,12-13H2,(H,30,32)/t17-,18?,19?/m0/s1. The lowest BCUT2D eigenvalue weighted by Gasteiger charge is -2.42. The van der Waals surface area contributed by atoms with Gasteiger partial charge in [-0.1, -0.05) is 24.4 Å². The minimum Gasteiger partial charge on any atom is -0.322 e. The Morgan fingerprint density at radius 2 is 1.51 bits per heavy atom. The summed E-state index contributed by atoms with van der Waals surface area (Å²) in [6, 6.07) is 6.20. The summed E-state index contributed by atoms with van der Waals surface area (Å²) in [7, 11) is -3.82. The van der Waals surface area contributed by atoms with E-state index in [0.29, 0.717) is 31.0 Å². The van der Waals surface area contributed by atoms with E-state index in [2.05, 4.69) is 10.2 Å². The highest BCUT2D eigenvalue weighted by Gasteiger charge is 2.48. The molecule has 2 saturated heterocycles. The van der Waals surface area contributed by atoms with Crippen LogP contribution in [0.25, 0.3) is 0 Å². The molecule has 0 spiro atoms. The van der Waals surface area contributed by atoms with Gasteiger partial charge in [-0.05, 0) is 56.7 Å². The van der Waals surface area contributed by atoms with E-state index in [-0.39, 0.29) is 33.3 Å². The Kier molecular flexibility index (Phi) is 6.61. The quantitative estimate of drug-likeness (QED) is 0.506. The zero-order chi connectivity index (χ0) is 24.9. The van der Waals surface area contributed by atoms with E-state index in [1.54, 1.807) is 0 Å². The Hall–Kier alpha value is -2.10. The third kappa shape index (κ3) is 4.58. The van der Waals surface area contributed by atoms with Gasteiger partial charge < -0.3 is 5.32 Å². The number of benzene rings is 2. The monoisotopic (exact) mass is 526 g/mol. The van der Waals surface area contributed by atoms with Crippen molar-refractivity contribution in [3.8, 4) is 0 Å². The van der Waals surface area contributed by atoms with E-state index in [9.17, 15) is 26.4 Å². The number of hydrogen-bond donors (Lipinski definition) is 1. The molecule has 35 heavy (non-hydrogen) atoms. The van der Waals surface area contributed by atoms with Crippen molar-refractivity contribution in [1.82, 2.24) is 4.90 Å². The molecule has 1 saturated carbocycles. The van der Waals surface area contributed by atoms with Gasteiger partial charge in [-0.15, -0.1) is 0 Å². The topological polar surface area (TPSA) is 66.5 Å². The van der Waals surface area contributed by atoms with Gasteiger partial charge in [0.1, 0.15) is 0 Å². The molecule has 1 amide bonds. The van der Waals surface area contributed by atoms with Crippen molar-refractivity contribution in [3.05, 3.63) is 58.4 Å². The van der Waals surface area contributed by atoms with Gasteiger partial charge in [0.05, 0.1) is 15.2 Å². The fourth-order valence-electron chi connectivity index (χ4n) is 6.09. The zero-order valence-corrected chi connectivity index (χ0v) is 20.5. The summed E-state index contributed by atoms with van der Waals surface area (Å²) >= 11 is 6.28. The number of nitrogens with zero attached hydrogens (tertiary/aromatic N) is 1. The predicted octanol–water partition coefficient (Wildman–Crippen LogP) is 5.72. The van der Waals surface area contributed by atoms with E-state index >= 15 is 0 Å². The molecular weight excluding hydrogens is 501 g/mol. The van der Waals surface area contributed by atoms with Crippen LogP contribution in [0, 0.1) is 17.5 Å². The number of halogens is 4. The number of anilines is 1. The van der Waals surface area contributed by atoms with Crippen LogP contribution >= 0.6 is 11.6 Å². The molecule has 3 atom stereocenters. The van der Waals surface area contributed by atoms with Gasteiger partial charge in [0.2, 0.25) is 0 Å². The molecule has 2 aromatic rings. The summed E-state index contributed by atoms with van der Waals surface area (Å²) in [5.41, 5.74) is -0.328. The van der Waals surface area contributed by atoms with Crippen LogP contribution in [-0.2, 0) is 9.84 Å². The maximum absolute atomic E-state index is 13.6. The molecule has 2 aromatic carbocycles. The van der Waals surface area contributed by atoms with Gasteiger partial charge in [0.25, 0.3) is 5.91 Å². The van der Waals surface area contributed by atoms with Crippen LogP contribution in [0.1, 0.15) is 61.7 Å². The smallest absolute Gasteiger partial charge is 0.255 e. The lowest BCUT2D eigenvalue weighted by molar-refractivity contribution is 0.0908. The van der Waals surface area contributed by atoms with Crippen molar-refractivity contribution < 1.29 is 26.4 Å². The van der Waals surface area contributed by atoms with Crippen molar-refractivity contribution in [2.45, 2.75) is 79.6 Å². The first kappa shape index (κ1) is 24.6. The number of nitrogens with one attached hydrogen (secondary N) is 1. The second kappa shape index (κ2) is 9.41. The molecule has 3 aliphatic rings. The number of hydrogen-bond acceptors (Lipinski definition) is 4. The molecular formula is C25H26ClF3N2O3S. The minimum atomic E-state index is -3.82. The fraction of sp³-hybridized carbons (Fsp3) is 0.480. The Morgan fingerprint density at radius 1 is 0.914 bits per heavy atom. The number of piperidine rings is 1. The molecule has 3 fully saturated rings. The minimum absolute atomic E-state index is 0.0194. The first-order chi connectivity index (χ1) is 16.6. The Balaban J connectivity index is 1.37. The molecule has 2 bridgehead atoms. The summed E-state index contributed by atoms with van der Waals surface area (Å²) < 4.78 is 67.5. The lowest BCUT2D eigenvalue weighted by Crippen LogP contribution is -2.50. The highest BCUT2D eigenvalue weighted by atomic mass is 35.5. The van der Waals surface area contributed by atoms with Crippen molar-refractivity contribution in [3.63, 3.8) is 0 Å². The number of amides is 1. The van der Waals surface area contributed by atoms with Crippen molar-refractivity contribution >= 4 is 33.0 Å². The number of sulfone groups is 1. The van der Waals surface area contributed by atoms with Crippen LogP contribution in [-0.4, -0.2) is 42.6 Å². The molecule has 188 valence electrons. The zero-order valence-electron chi connectivity index (χ0n) is 18.9. The molecule has 5 rings (SSSR count). The van der Waals surface area contributed by atoms with Crippen molar-refractivity contribution in [1.29, 1.82) is 0 Å². The number of carbonyl (C=O) groups is 1. The summed E-state index contributed by atoms with van der Waals surface area (Å²) in [6.07, 6.45) is 7.87. The van der Waals surface area contributed by atoms with Gasteiger partial charge in [-0.25, -0.2) is 21.6 Å². The van der Waals surface area contributed by atoms with Crippen LogP contribution in [0.3, 0.4) is 0 Å². The van der Waals surface area contributed by atoms with Gasteiger partial charge in [0.15, 0.2) is 27.3 Å². The van der Waals surface area contributed by atoms with Gasteiger partial charge in [-0.3, -0.25) is 9.69 Å². The number of carbonyl (C=O) groups excluding carboxylic acids is 1. The third-order valence-electron chi connectivity index (χ3n) is 7.67. The van der Waals surface area contributed by atoms with E-state index in [1.807, 2.05) is 0 Å². The molecule has 0 aromatic heterocycles. The van der Waals surface area contributed by atoms with E-state index in [4.69, 9.17) is 11.6 Å². The van der Waals surface area contributed by atoms with Gasteiger partial charge in [-0.2, -0.15) is 0 Å². The molecule has 1 N–H and O–H groups in total. The van der Waals surface area contributed by atoms with Crippen LogP contribution in [0.4, 0.5) is 18.9 Å². The summed E-state index contributed by atoms with van der Waals surface area (Å²) in [5, 5.41) is 1.71. The average Bonchev–Trinajstić information content (AvgIpc) is 3.42. The molecule has 5 nitrogen and oxygen atoms in total. The predicted molar refractivity (Wildman–Crippen MR) is 127 cm³/mol. The van der Waals surface area contributed by atoms with Crippen molar-refractivity contribution in [2.75, 3.05) is 5.32 Å². The first-order valence-electron chi connectivity index (χ1n) is 11.9. The molecule has 2 heterocycles. The van der Waals surface area contributed by atoms with E-state index in [1.165, 1.54) is 43.9 Å². The number of fused-ring (bicyclic) bond motifs is 2. The summed E-state index contributed by atoms with van der Waals surface area (Å²) in [6.45, 7) is 0.